The zero-order valence-corrected chi connectivity index (χ0v) is 29.7. The molecule has 0 amide bonds. The second kappa shape index (κ2) is 22.0. The lowest BCUT2D eigenvalue weighted by atomic mass is 9.98. The van der Waals surface area contributed by atoms with Crippen LogP contribution in [0.1, 0.15) is 69.7 Å². The van der Waals surface area contributed by atoms with Gasteiger partial charge in [0.05, 0.1) is 13.2 Å². The molecule has 0 heterocycles. The van der Waals surface area contributed by atoms with Crippen LogP contribution in [-0.2, 0) is 12.8 Å². The Morgan fingerprint density at radius 1 is 0.536 bits per heavy atom. The highest BCUT2D eigenvalue weighted by molar-refractivity contribution is 6.49. The molecule has 0 spiro atoms. The number of ether oxygens (including phenoxy) is 4. The Hall–Kier alpha value is -5.72. The molecule has 6 nitrogen and oxygen atoms in total. The topological polar surface area (TPSA) is 71.1 Å². The summed E-state index contributed by atoms with van der Waals surface area (Å²) < 4.78 is 144. The molecule has 0 atom stereocenters. The predicted molar refractivity (Wildman–Crippen MR) is 185 cm³/mol. The number of carbonyl (C=O) groups is 2. The average Bonchev–Trinajstić information content (AvgIpc) is 3.15. The molecule has 0 N–H and O–H groups in total. The smallest absolute Gasteiger partial charge is 0.387 e. The summed E-state index contributed by atoms with van der Waals surface area (Å²) in [7, 11) is 0. The number of alkyl halides is 8. The number of halogens is 10. The fourth-order valence-corrected chi connectivity index (χ4v) is 4.72. The minimum Gasteiger partial charge on any atom is -0.490 e. The van der Waals surface area contributed by atoms with Crippen LogP contribution >= 0.6 is 0 Å². The summed E-state index contributed by atoms with van der Waals surface area (Å²) >= 11 is 0. The van der Waals surface area contributed by atoms with Crippen LogP contribution in [0, 0.1) is 23.5 Å². The van der Waals surface area contributed by atoms with E-state index >= 15 is 0 Å². The van der Waals surface area contributed by atoms with Gasteiger partial charge in [0, 0.05) is 35.1 Å². The maximum Gasteiger partial charge on any atom is 0.387 e. The first-order valence-corrected chi connectivity index (χ1v) is 16.8. The van der Waals surface area contributed by atoms with Crippen LogP contribution in [0.5, 0.6) is 23.0 Å². The third-order valence-electron chi connectivity index (χ3n) is 7.45. The van der Waals surface area contributed by atoms with E-state index in [4.69, 9.17) is 9.47 Å². The fourth-order valence-electron chi connectivity index (χ4n) is 4.72. The molecule has 0 aliphatic rings. The standard InChI is InChI=1S/C20H17F5O4.C20H17F5O2/c1-2-11-9-12(4-6-15(11)29-20(24)25)18(26)19(27)13-3-5-14(21)16(10-13)28-8-7-17(22)23;1-2-15-11-13(6-8-17(15)27-20(24)25)3-4-14-5-7-16(21)18(12-14)26-10-9-19(22)23/h3-6,9-10,17,20H,2,7-8H2,1H3;5-8,11-12,19-20H,2,9-10H2,1H3. The molecule has 4 rings (SSSR count). The van der Waals surface area contributed by atoms with Gasteiger partial charge in [0.2, 0.25) is 24.4 Å². The SMILES string of the molecule is CCc1cc(C#Cc2ccc(F)c(OCCC(F)F)c2)ccc1OC(F)F.CCc1cc(C(=O)C(=O)c2ccc(F)c(OCCC(F)F)c2)ccc1OC(F)F. The van der Waals surface area contributed by atoms with Crippen molar-refractivity contribution in [3.05, 3.63) is 118 Å². The molecule has 56 heavy (non-hydrogen) atoms. The molecular formula is C40H34F10O6. The van der Waals surface area contributed by atoms with Crippen molar-refractivity contribution in [2.75, 3.05) is 13.2 Å². The van der Waals surface area contributed by atoms with Gasteiger partial charge in [-0.1, -0.05) is 25.7 Å². The fraction of sp³-hybridized carbons (Fsp3) is 0.300. The molecule has 0 saturated carbocycles. The minimum atomic E-state index is -3.04. The van der Waals surface area contributed by atoms with Crippen LogP contribution < -0.4 is 18.9 Å². The summed E-state index contributed by atoms with van der Waals surface area (Å²) in [5.74, 6) is 1.57. The quantitative estimate of drug-likeness (QED) is 0.0458. The van der Waals surface area contributed by atoms with Gasteiger partial charge in [0.25, 0.3) is 0 Å². The first-order chi connectivity index (χ1) is 26.6. The normalized spacial score (nSPS) is 10.9. The minimum absolute atomic E-state index is 0.0574. The lowest BCUT2D eigenvalue weighted by Gasteiger charge is -2.11. The van der Waals surface area contributed by atoms with Crippen LogP contribution in [0.3, 0.4) is 0 Å². The second-order valence-electron chi connectivity index (χ2n) is 11.4. The van der Waals surface area contributed by atoms with Crippen molar-refractivity contribution in [2.24, 2.45) is 0 Å². The second-order valence-corrected chi connectivity index (χ2v) is 11.4. The molecule has 0 aliphatic heterocycles. The Morgan fingerprint density at radius 2 is 0.946 bits per heavy atom. The van der Waals surface area contributed by atoms with Crippen molar-refractivity contribution in [2.45, 2.75) is 65.6 Å². The van der Waals surface area contributed by atoms with E-state index in [1.54, 1.807) is 19.9 Å². The van der Waals surface area contributed by atoms with Crippen molar-refractivity contribution in [3.63, 3.8) is 0 Å². The lowest BCUT2D eigenvalue weighted by Crippen LogP contribution is -2.16. The van der Waals surface area contributed by atoms with E-state index in [9.17, 15) is 53.5 Å². The van der Waals surface area contributed by atoms with E-state index in [1.807, 2.05) is 0 Å². The van der Waals surface area contributed by atoms with Crippen molar-refractivity contribution in [1.29, 1.82) is 0 Å². The molecule has 0 bridgehead atoms. The number of ketones is 2. The van der Waals surface area contributed by atoms with Gasteiger partial charge in [-0.3, -0.25) is 9.59 Å². The third kappa shape index (κ3) is 14.2. The highest BCUT2D eigenvalue weighted by atomic mass is 19.3. The first-order valence-electron chi connectivity index (χ1n) is 16.8. The van der Waals surface area contributed by atoms with Gasteiger partial charge in [0.15, 0.2) is 23.1 Å². The van der Waals surface area contributed by atoms with Gasteiger partial charge in [-0.25, -0.2) is 26.3 Å². The van der Waals surface area contributed by atoms with Gasteiger partial charge in [-0.05, 0) is 96.8 Å². The zero-order chi connectivity index (χ0) is 41.4. The van der Waals surface area contributed by atoms with Crippen molar-refractivity contribution >= 4 is 11.6 Å². The molecule has 0 aliphatic carbocycles. The van der Waals surface area contributed by atoms with Gasteiger partial charge < -0.3 is 18.9 Å². The Kier molecular flexibility index (Phi) is 17.5. The number of rotatable bonds is 17. The maximum absolute atomic E-state index is 13.7. The van der Waals surface area contributed by atoms with E-state index < -0.39 is 74.5 Å². The van der Waals surface area contributed by atoms with Crippen LogP contribution in [0.2, 0.25) is 0 Å². The summed E-state index contributed by atoms with van der Waals surface area (Å²) in [6.45, 7) is -3.26. The summed E-state index contributed by atoms with van der Waals surface area (Å²) in [6, 6.07) is 15.0. The average molecular weight is 801 g/mol. The van der Waals surface area contributed by atoms with E-state index in [0.717, 1.165) is 30.3 Å². The zero-order valence-electron chi connectivity index (χ0n) is 29.7. The molecule has 4 aromatic carbocycles. The number of hydrogen-bond acceptors (Lipinski definition) is 6. The Balaban J connectivity index is 0.000000301. The van der Waals surface area contributed by atoms with Gasteiger partial charge in [0.1, 0.15) is 11.5 Å². The lowest BCUT2D eigenvalue weighted by molar-refractivity contribution is -0.0510. The van der Waals surface area contributed by atoms with E-state index in [1.165, 1.54) is 36.4 Å². The maximum atomic E-state index is 13.7. The van der Waals surface area contributed by atoms with E-state index in [0.29, 0.717) is 28.7 Å². The number of Topliss-reactive ketones (excluding diaryl/α,β-unsaturated/α-hetero) is 2. The van der Waals surface area contributed by atoms with Crippen molar-refractivity contribution < 1.29 is 72.4 Å². The van der Waals surface area contributed by atoms with E-state index in [-0.39, 0.29) is 41.4 Å². The predicted octanol–water partition coefficient (Wildman–Crippen LogP) is 10.5. The molecule has 300 valence electrons. The molecule has 16 heteroatoms. The van der Waals surface area contributed by atoms with Crippen LogP contribution in [0.15, 0.2) is 72.8 Å². The molecule has 4 aromatic rings. The molecule has 0 saturated heterocycles. The van der Waals surface area contributed by atoms with Gasteiger partial charge >= 0.3 is 13.2 Å². The molecule has 0 radical (unpaired) electrons. The number of aryl methyl sites for hydroxylation is 2. The first kappa shape index (κ1) is 44.7. The molecule has 0 unspecified atom stereocenters. The number of benzene rings is 4. The summed E-state index contributed by atoms with van der Waals surface area (Å²) in [5.41, 5.74) is 1.62. The Morgan fingerprint density at radius 3 is 1.45 bits per heavy atom. The summed E-state index contributed by atoms with van der Waals surface area (Å²) in [4.78, 5) is 24.9. The molecule has 0 fully saturated rings. The number of hydrogen-bond donors (Lipinski definition) is 0. The van der Waals surface area contributed by atoms with Gasteiger partial charge in [-0.15, -0.1) is 0 Å². The highest BCUT2D eigenvalue weighted by Crippen LogP contribution is 2.26. The third-order valence-corrected chi connectivity index (χ3v) is 7.45. The Bertz CT molecular complexity index is 1990. The molecule has 0 aromatic heterocycles. The van der Waals surface area contributed by atoms with Crippen molar-refractivity contribution in [3.8, 4) is 34.8 Å². The number of carbonyl (C=O) groups excluding carboxylic acids is 2. The van der Waals surface area contributed by atoms with Gasteiger partial charge in [-0.2, -0.15) is 17.6 Å². The summed E-state index contributed by atoms with van der Waals surface area (Å²) in [5, 5.41) is 0. The van der Waals surface area contributed by atoms with Crippen LogP contribution in [0.4, 0.5) is 43.9 Å². The van der Waals surface area contributed by atoms with Crippen LogP contribution in [-0.4, -0.2) is 50.9 Å². The van der Waals surface area contributed by atoms with Crippen LogP contribution in [0.25, 0.3) is 0 Å². The van der Waals surface area contributed by atoms with Crippen molar-refractivity contribution in [1.82, 2.24) is 0 Å². The highest BCUT2D eigenvalue weighted by Gasteiger charge is 2.22. The monoisotopic (exact) mass is 800 g/mol. The van der Waals surface area contributed by atoms with E-state index in [2.05, 4.69) is 21.3 Å². The molecular weight excluding hydrogens is 766 g/mol. The largest absolute Gasteiger partial charge is 0.490 e. The summed E-state index contributed by atoms with van der Waals surface area (Å²) in [6.07, 6.45) is -5.52. The Labute approximate surface area is 315 Å².